The maximum absolute atomic E-state index is 13.1. The van der Waals surface area contributed by atoms with Crippen LogP contribution in [-0.2, 0) is 13.6 Å². The molecule has 0 atom stereocenters. The lowest BCUT2D eigenvalue weighted by Gasteiger charge is -2.11. The minimum absolute atomic E-state index is 0.0739. The Labute approximate surface area is 193 Å². The largest absolute Gasteiger partial charge is 0.510 e. The Morgan fingerprint density at radius 3 is 2.78 bits per heavy atom. The number of rotatable bonds is 6. The molecule has 7 nitrogen and oxygen atoms in total. The van der Waals surface area contributed by atoms with Crippen LogP contribution in [0.25, 0.3) is 26.8 Å². The molecule has 0 radical (unpaired) electrons. The zero-order valence-electron chi connectivity index (χ0n) is 17.9. The number of nitriles is 1. The van der Waals surface area contributed by atoms with Gasteiger partial charge in [0.1, 0.15) is 22.2 Å². The number of aliphatic hydroxyl groups is 1. The summed E-state index contributed by atoms with van der Waals surface area (Å²) in [5, 5.41) is 21.6. The molecule has 0 saturated carbocycles. The molecular weight excluding hydrogens is 442 g/mol. The maximum atomic E-state index is 13.1. The Hall–Kier alpha value is -3.35. The topological polar surface area (TPSA) is 96.7 Å². The molecule has 32 heavy (non-hydrogen) atoms. The van der Waals surface area contributed by atoms with Crippen molar-refractivity contribution in [1.82, 2.24) is 19.1 Å². The minimum atomic E-state index is -0.126. The molecule has 0 aliphatic carbocycles. The van der Waals surface area contributed by atoms with Crippen molar-refractivity contribution in [2.45, 2.75) is 25.5 Å². The van der Waals surface area contributed by atoms with Crippen molar-refractivity contribution in [1.29, 1.82) is 5.26 Å². The molecule has 0 fully saturated rings. The van der Waals surface area contributed by atoms with Gasteiger partial charge in [-0.15, -0.1) is 17.9 Å². The Bertz CT molecular complexity index is 1500. The number of hydrogen-bond acceptors (Lipinski definition) is 7. The smallest absolute Gasteiger partial charge is 0.263 e. The van der Waals surface area contributed by atoms with Gasteiger partial charge in [-0.1, -0.05) is 30.0 Å². The van der Waals surface area contributed by atoms with Crippen LogP contribution in [0.15, 0.2) is 52.6 Å². The first-order valence-electron chi connectivity index (χ1n) is 9.85. The van der Waals surface area contributed by atoms with Crippen molar-refractivity contribution in [2.75, 3.05) is 5.75 Å². The highest BCUT2D eigenvalue weighted by Crippen LogP contribution is 2.30. The molecule has 0 amide bonds. The lowest BCUT2D eigenvalue weighted by atomic mass is 10.2. The highest BCUT2D eigenvalue weighted by Gasteiger charge is 2.19. The SMILES string of the molecule is C=CCn1c(SC/C(O)=C(\C#N)c2nc3ccccc3n2C)nc2sc(C)c(C)c2c1=O. The van der Waals surface area contributed by atoms with E-state index in [2.05, 4.69) is 22.6 Å². The van der Waals surface area contributed by atoms with E-state index in [1.807, 2.05) is 38.1 Å². The number of imidazole rings is 1. The van der Waals surface area contributed by atoms with Crippen molar-refractivity contribution < 1.29 is 5.11 Å². The molecule has 0 bridgehead atoms. The standard InChI is InChI=1S/C23H21N5O2S2/c1-5-10-28-22(30)19-13(2)14(3)32-21(19)26-23(28)31-12-18(29)15(11-24)20-25-16-8-6-7-9-17(16)27(20)4/h5-9,29H,1,10,12H2,2-4H3/b18-15-. The zero-order valence-corrected chi connectivity index (χ0v) is 19.5. The number of para-hydroxylation sites is 2. The van der Waals surface area contributed by atoms with Crippen LogP contribution in [0.3, 0.4) is 0 Å². The van der Waals surface area contributed by atoms with E-state index in [1.54, 1.807) is 22.3 Å². The number of fused-ring (bicyclic) bond motifs is 2. The van der Waals surface area contributed by atoms with Crippen LogP contribution < -0.4 is 5.56 Å². The second-order valence-electron chi connectivity index (χ2n) is 7.27. The average molecular weight is 464 g/mol. The van der Waals surface area contributed by atoms with Crippen LogP contribution in [0.2, 0.25) is 0 Å². The summed E-state index contributed by atoms with van der Waals surface area (Å²) in [6.45, 7) is 7.94. The molecule has 3 heterocycles. The molecule has 0 aliphatic heterocycles. The maximum Gasteiger partial charge on any atom is 0.263 e. The van der Waals surface area contributed by atoms with Gasteiger partial charge in [-0.05, 0) is 31.5 Å². The van der Waals surface area contributed by atoms with Crippen LogP contribution >= 0.6 is 23.1 Å². The fraction of sp³-hybridized carbons (Fsp3) is 0.217. The van der Waals surface area contributed by atoms with E-state index in [9.17, 15) is 15.2 Å². The van der Waals surface area contributed by atoms with Crippen LogP contribution in [-0.4, -0.2) is 30.0 Å². The number of hydrogen-bond donors (Lipinski definition) is 1. The Balaban J connectivity index is 1.74. The quantitative estimate of drug-likeness (QED) is 0.146. The number of benzene rings is 1. The summed E-state index contributed by atoms with van der Waals surface area (Å²) in [6, 6.07) is 9.62. The monoisotopic (exact) mass is 463 g/mol. The van der Waals surface area contributed by atoms with E-state index in [-0.39, 0.29) is 22.6 Å². The minimum Gasteiger partial charge on any atom is -0.510 e. The van der Waals surface area contributed by atoms with Crippen molar-refractivity contribution in [2.24, 2.45) is 7.05 Å². The fourth-order valence-electron chi connectivity index (χ4n) is 3.53. The highest BCUT2D eigenvalue weighted by atomic mass is 32.2. The Kier molecular flexibility index (Phi) is 5.91. The van der Waals surface area contributed by atoms with Crippen molar-refractivity contribution >= 4 is 49.9 Å². The number of aryl methyl sites for hydroxylation is 3. The van der Waals surface area contributed by atoms with Gasteiger partial charge < -0.3 is 9.67 Å². The van der Waals surface area contributed by atoms with Gasteiger partial charge in [0.25, 0.3) is 5.56 Å². The molecule has 3 aromatic heterocycles. The van der Waals surface area contributed by atoms with Crippen LogP contribution in [0, 0.1) is 25.2 Å². The van der Waals surface area contributed by atoms with Crippen LogP contribution in [0.4, 0.5) is 0 Å². The van der Waals surface area contributed by atoms with Gasteiger partial charge in [-0.25, -0.2) is 9.97 Å². The summed E-state index contributed by atoms with van der Waals surface area (Å²) >= 11 is 2.68. The fourth-order valence-corrected chi connectivity index (χ4v) is 5.48. The predicted molar refractivity (Wildman–Crippen MR) is 130 cm³/mol. The van der Waals surface area contributed by atoms with Gasteiger partial charge in [-0.3, -0.25) is 9.36 Å². The van der Waals surface area contributed by atoms with E-state index in [4.69, 9.17) is 0 Å². The molecule has 162 valence electrons. The first-order chi connectivity index (χ1) is 15.4. The van der Waals surface area contributed by atoms with E-state index in [0.29, 0.717) is 27.7 Å². The van der Waals surface area contributed by atoms with E-state index in [0.717, 1.165) is 21.5 Å². The van der Waals surface area contributed by atoms with Gasteiger partial charge in [-0.2, -0.15) is 5.26 Å². The molecule has 0 unspecified atom stereocenters. The first-order valence-corrected chi connectivity index (χ1v) is 11.7. The highest BCUT2D eigenvalue weighted by molar-refractivity contribution is 7.99. The summed E-state index contributed by atoms with van der Waals surface area (Å²) in [5.41, 5.74) is 2.52. The van der Waals surface area contributed by atoms with Crippen molar-refractivity contribution in [3.63, 3.8) is 0 Å². The molecule has 0 spiro atoms. The van der Waals surface area contributed by atoms with Gasteiger partial charge in [0.05, 0.1) is 22.2 Å². The van der Waals surface area contributed by atoms with Crippen LogP contribution in [0.5, 0.6) is 0 Å². The van der Waals surface area contributed by atoms with E-state index >= 15 is 0 Å². The van der Waals surface area contributed by atoms with Gasteiger partial charge in [0.2, 0.25) is 0 Å². The number of aliphatic hydroxyl groups excluding tert-OH is 1. The molecule has 0 aliphatic rings. The Morgan fingerprint density at radius 1 is 1.34 bits per heavy atom. The van der Waals surface area contributed by atoms with Crippen molar-refractivity contribution in [3.8, 4) is 6.07 Å². The van der Waals surface area contributed by atoms with Gasteiger partial charge in [0.15, 0.2) is 11.0 Å². The third kappa shape index (κ3) is 3.61. The van der Waals surface area contributed by atoms with Crippen molar-refractivity contribution in [3.05, 3.63) is 69.3 Å². The Morgan fingerprint density at radius 2 is 2.09 bits per heavy atom. The average Bonchev–Trinajstić information content (AvgIpc) is 3.26. The number of nitrogens with zero attached hydrogens (tertiary/aromatic N) is 5. The molecule has 4 rings (SSSR count). The molecule has 1 aromatic carbocycles. The predicted octanol–water partition coefficient (Wildman–Crippen LogP) is 4.73. The zero-order chi connectivity index (χ0) is 23.0. The summed E-state index contributed by atoms with van der Waals surface area (Å²) in [4.78, 5) is 24.0. The molecule has 4 aromatic rings. The second-order valence-corrected chi connectivity index (χ2v) is 9.41. The normalized spacial score (nSPS) is 12.2. The first kappa shape index (κ1) is 21.9. The number of aromatic nitrogens is 4. The molecule has 1 N–H and O–H groups in total. The van der Waals surface area contributed by atoms with E-state index < -0.39 is 0 Å². The molecular formula is C23H21N5O2S2. The molecule has 9 heteroatoms. The summed E-state index contributed by atoms with van der Waals surface area (Å²) < 4.78 is 3.33. The van der Waals surface area contributed by atoms with Crippen LogP contribution in [0.1, 0.15) is 16.3 Å². The summed E-state index contributed by atoms with van der Waals surface area (Å²) in [7, 11) is 1.81. The van der Waals surface area contributed by atoms with Gasteiger partial charge in [0, 0.05) is 18.5 Å². The summed E-state index contributed by atoms with van der Waals surface area (Å²) in [6.07, 6.45) is 1.64. The summed E-state index contributed by atoms with van der Waals surface area (Å²) in [5.74, 6) is 0.349. The second kappa shape index (κ2) is 8.65. The van der Waals surface area contributed by atoms with E-state index in [1.165, 1.54) is 23.1 Å². The van der Waals surface area contributed by atoms with Gasteiger partial charge >= 0.3 is 0 Å². The number of allylic oxidation sites excluding steroid dienone is 2. The number of thioether (sulfide) groups is 1. The molecule has 0 saturated heterocycles. The lowest BCUT2D eigenvalue weighted by Crippen LogP contribution is -2.22. The lowest BCUT2D eigenvalue weighted by molar-refractivity contribution is 0.420. The third-order valence-corrected chi connectivity index (χ3v) is 7.40. The number of thiophene rings is 1. The third-order valence-electron chi connectivity index (χ3n) is 5.31.